The molecular weight excluding hydrogens is 391 g/mol. The summed E-state index contributed by atoms with van der Waals surface area (Å²) < 4.78 is 19.6. The molecule has 2 heterocycles. The van der Waals surface area contributed by atoms with E-state index in [0.717, 1.165) is 21.6 Å². The van der Waals surface area contributed by atoms with Gasteiger partial charge in [0, 0.05) is 10.4 Å². The number of benzene rings is 2. The number of thiophene rings is 1. The quantitative estimate of drug-likeness (QED) is 0.470. The topological polar surface area (TPSA) is 61.2 Å². The maximum Gasteiger partial charge on any atom is 0.337 e. The first-order valence-electron chi connectivity index (χ1n) is 8.89. The Morgan fingerprint density at radius 1 is 1.21 bits per heavy atom. The van der Waals surface area contributed by atoms with Crippen LogP contribution in [-0.2, 0) is 11.3 Å². The first-order valence-corrected chi connectivity index (χ1v) is 9.71. The number of hydrogen-bond donors (Lipinski definition) is 0. The molecule has 2 aromatic carbocycles. The summed E-state index contributed by atoms with van der Waals surface area (Å²) in [5, 5.41) is 0.519. The van der Waals surface area contributed by atoms with E-state index in [1.165, 1.54) is 41.5 Å². The number of nitrogens with zero attached hydrogens (tertiary/aromatic N) is 2. The maximum absolute atomic E-state index is 13.3. The van der Waals surface area contributed by atoms with E-state index in [-0.39, 0.29) is 17.9 Å². The molecule has 7 heteroatoms. The number of hydrogen-bond acceptors (Lipinski definition) is 5. The third-order valence-corrected chi connectivity index (χ3v) is 5.70. The van der Waals surface area contributed by atoms with Crippen LogP contribution in [0.4, 0.5) is 4.39 Å². The van der Waals surface area contributed by atoms with Crippen LogP contribution >= 0.6 is 11.3 Å². The number of ether oxygens (including phenoxy) is 1. The van der Waals surface area contributed by atoms with Crippen LogP contribution < -0.4 is 5.56 Å². The zero-order valence-electron chi connectivity index (χ0n) is 15.8. The molecule has 0 saturated carbocycles. The molecule has 4 rings (SSSR count). The van der Waals surface area contributed by atoms with Gasteiger partial charge in [-0.1, -0.05) is 24.3 Å². The van der Waals surface area contributed by atoms with E-state index in [1.807, 2.05) is 13.0 Å². The van der Waals surface area contributed by atoms with Gasteiger partial charge in [-0.2, -0.15) is 0 Å². The standard InChI is InChI=1S/C22H17FN2O3S/c1-13-18(15-6-8-17(23)9-7-15)19-20(29-13)24-12-25(21(19)26)11-14-4-3-5-16(10-14)22(27)28-2/h3-10,12H,11H2,1-2H3. The minimum absolute atomic E-state index is 0.179. The largest absolute Gasteiger partial charge is 0.465 e. The number of carbonyl (C=O) groups is 1. The summed E-state index contributed by atoms with van der Waals surface area (Å²) in [5.41, 5.74) is 2.58. The molecule has 4 aromatic rings. The summed E-state index contributed by atoms with van der Waals surface area (Å²) in [7, 11) is 1.33. The van der Waals surface area contributed by atoms with E-state index in [1.54, 1.807) is 30.3 Å². The van der Waals surface area contributed by atoms with Crippen molar-refractivity contribution in [3.8, 4) is 11.1 Å². The second kappa shape index (κ2) is 7.60. The van der Waals surface area contributed by atoms with Gasteiger partial charge < -0.3 is 4.74 Å². The summed E-state index contributed by atoms with van der Waals surface area (Å²) >= 11 is 1.44. The molecule has 0 amide bonds. The fourth-order valence-electron chi connectivity index (χ4n) is 3.33. The number of aryl methyl sites for hydroxylation is 1. The minimum Gasteiger partial charge on any atom is -0.465 e. The van der Waals surface area contributed by atoms with Gasteiger partial charge in [0.05, 0.1) is 30.9 Å². The third-order valence-electron chi connectivity index (χ3n) is 4.69. The van der Waals surface area contributed by atoms with Gasteiger partial charge in [0.1, 0.15) is 10.6 Å². The molecule has 0 bridgehead atoms. The number of rotatable bonds is 4. The maximum atomic E-state index is 13.3. The molecule has 0 unspecified atom stereocenters. The van der Waals surface area contributed by atoms with Crippen LogP contribution in [0.1, 0.15) is 20.8 Å². The van der Waals surface area contributed by atoms with Crippen LogP contribution in [0.3, 0.4) is 0 Å². The Balaban J connectivity index is 1.81. The van der Waals surface area contributed by atoms with Crippen molar-refractivity contribution < 1.29 is 13.9 Å². The molecule has 0 aliphatic heterocycles. The highest BCUT2D eigenvalue weighted by Crippen LogP contribution is 2.35. The van der Waals surface area contributed by atoms with Crippen molar-refractivity contribution in [2.75, 3.05) is 7.11 Å². The van der Waals surface area contributed by atoms with Gasteiger partial charge in [0.15, 0.2) is 0 Å². The van der Waals surface area contributed by atoms with Crippen molar-refractivity contribution in [1.82, 2.24) is 9.55 Å². The van der Waals surface area contributed by atoms with Crippen LogP contribution in [0.15, 0.2) is 59.7 Å². The van der Waals surface area contributed by atoms with Crippen molar-refractivity contribution in [2.45, 2.75) is 13.5 Å². The van der Waals surface area contributed by atoms with Gasteiger partial charge in [0.2, 0.25) is 0 Å². The second-order valence-corrected chi connectivity index (χ2v) is 7.79. The van der Waals surface area contributed by atoms with Gasteiger partial charge >= 0.3 is 5.97 Å². The number of halogens is 1. The Bertz CT molecular complexity index is 1280. The normalized spacial score (nSPS) is 11.0. The smallest absolute Gasteiger partial charge is 0.337 e. The third kappa shape index (κ3) is 3.56. The predicted molar refractivity (Wildman–Crippen MR) is 111 cm³/mol. The molecule has 0 fully saturated rings. The zero-order valence-corrected chi connectivity index (χ0v) is 16.6. The molecule has 146 valence electrons. The van der Waals surface area contributed by atoms with Gasteiger partial charge in [-0.15, -0.1) is 11.3 Å². The summed E-state index contributed by atoms with van der Waals surface area (Å²) in [6.45, 7) is 2.19. The number of fused-ring (bicyclic) bond motifs is 1. The lowest BCUT2D eigenvalue weighted by atomic mass is 10.0. The predicted octanol–water partition coefficient (Wildman–Crippen LogP) is 4.41. The zero-order chi connectivity index (χ0) is 20.5. The van der Waals surface area contributed by atoms with E-state index < -0.39 is 5.97 Å². The Morgan fingerprint density at radius 3 is 2.69 bits per heavy atom. The Labute approximate surface area is 170 Å². The van der Waals surface area contributed by atoms with E-state index in [2.05, 4.69) is 4.98 Å². The number of methoxy groups -OCH3 is 1. The van der Waals surface area contributed by atoms with Crippen LogP contribution in [0, 0.1) is 12.7 Å². The molecular formula is C22H17FN2O3S. The molecule has 0 spiro atoms. The van der Waals surface area contributed by atoms with Gasteiger partial charge in [-0.3, -0.25) is 9.36 Å². The molecule has 0 aliphatic rings. The van der Waals surface area contributed by atoms with Crippen LogP contribution in [0.5, 0.6) is 0 Å². The van der Waals surface area contributed by atoms with Crippen molar-refractivity contribution in [1.29, 1.82) is 0 Å². The minimum atomic E-state index is -0.431. The average Bonchev–Trinajstić information content (AvgIpc) is 3.07. The Kier molecular flexibility index (Phi) is 4.98. The highest BCUT2D eigenvalue weighted by atomic mass is 32.1. The number of esters is 1. The lowest BCUT2D eigenvalue weighted by Crippen LogP contribution is -2.21. The number of carbonyl (C=O) groups excluding carboxylic acids is 1. The highest BCUT2D eigenvalue weighted by molar-refractivity contribution is 7.19. The lowest BCUT2D eigenvalue weighted by Gasteiger charge is -2.08. The van der Waals surface area contributed by atoms with Gasteiger partial charge in [0.25, 0.3) is 5.56 Å². The van der Waals surface area contributed by atoms with E-state index >= 15 is 0 Å². The van der Waals surface area contributed by atoms with Gasteiger partial charge in [-0.05, 0) is 42.3 Å². The summed E-state index contributed by atoms with van der Waals surface area (Å²) in [4.78, 5) is 31.0. The summed E-state index contributed by atoms with van der Waals surface area (Å²) in [6, 6.07) is 13.0. The number of aromatic nitrogens is 2. The average molecular weight is 408 g/mol. The van der Waals surface area contributed by atoms with E-state index in [4.69, 9.17) is 4.74 Å². The molecule has 2 aromatic heterocycles. The molecule has 0 saturated heterocycles. The SMILES string of the molecule is COC(=O)c1cccc(Cn2cnc3sc(C)c(-c4ccc(F)cc4)c3c2=O)c1. The summed E-state index contributed by atoms with van der Waals surface area (Å²) in [6.07, 6.45) is 1.51. The summed E-state index contributed by atoms with van der Waals surface area (Å²) in [5.74, 6) is -0.758. The van der Waals surface area contributed by atoms with Crippen molar-refractivity contribution in [3.05, 3.63) is 87.0 Å². The van der Waals surface area contributed by atoms with E-state index in [9.17, 15) is 14.0 Å². The molecule has 0 radical (unpaired) electrons. The van der Waals surface area contributed by atoms with Crippen molar-refractivity contribution in [3.63, 3.8) is 0 Å². The van der Waals surface area contributed by atoms with Gasteiger partial charge in [-0.25, -0.2) is 14.2 Å². The molecule has 0 atom stereocenters. The Hall–Kier alpha value is -3.32. The van der Waals surface area contributed by atoms with Crippen LogP contribution in [-0.4, -0.2) is 22.6 Å². The highest BCUT2D eigenvalue weighted by Gasteiger charge is 2.17. The molecule has 29 heavy (non-hydrogen) atoms. The fraction of sp³-hybridized carbons (Fsp3) is 0.136. The lowest BCUT2D eigenvalue weighted by molar-refractivity contribution is 0.0600. The van der Waals surface area contributed by atoms with Crippen molar-refractivity contribution in [2.24, 2.45) is 0 Å². The molecule has 5 nitrogen and oxygen atoms in total. The second-order valence-electron chi connectivity index (χ2n) is 6.59. The monoisotopic (exact) mass is 408 g/mol. The molecule has 0 aliphatic carbocycles. The van der Waals surface area contributed by atoms with E-state index in [0.29, 0.717) is 15.8 Å². The Morgan fingerprint density at radius 2 is 1.97 bits per heavy atom. The molecule has 0 N–H and O–H groups in total. The van der Waals surface area contributed by atoms with Crippen LogP contribution in [0.2, 0.25) is 0 Å². The van der Waals surface area contributed by atoms with Crippen molar-refractivity contribution >= 4 is 27.5 Å². The first kappa shape index (κ1) is 19.0. The first-order chi connectivity index (χ1) is 14.0. The fourth-order valence-corrected chi connectivity index (χ4v) is 4.33. The van der Waals surface area contributed by atoms with Crippen LogP contribution in [0.25, 0.3) is 21.3 Å².